The summed E-state index contributed by atoms with van der Waals surface area (Å²) in [6.45, 7) is 0.380. The van der Waals surface area contributed by atoms with Crippen molar-refractivity contribution in [2.24, 2.45) is 0 Å². The highest BCUT2D eigenvalue weighted by Crippen LogP contribution is 2.42. The van der Waals surface area contributed by atoms with Gasteiger partial charge in [-0.25, -0.2) is 4.98 Å². The van der Waals surface area contributed by atoms with Crippen molar-refractivity contribution in [1.29, 1.82) is 0 Å². The zero-order valence-electron chi connectivity index (χ0n) is 16.1. The number of carbonyl (C=O) groups is 1. The van der Waals surface area contributed by atoms with Gasteiger partial charge >= 0.3 is 0 Å². The van der Waals surface area contributed by atoms with Crippen LogP contribution < -0.4 is 5.32 Å². The van der Waals surface area contributed by atoms with Gasteiger partial charge < -0.3 is 5.32 Å². The number of hydrogen-bond acceptors (Lipinski definition) is 5. The van der Waals surface area contributed by atoms with Crippen LogP contribution >= 0.6 is 0 Å². The van der Waals surface area contributed by atoms with Gasteiger partial charge in [-0.3, -0.25) is 14.7 Å². The molecule has 0 unspecified atom stereocenters. The number of fused-ring (bicyclic) bond motifs is 1. The highest BCUT2D eigenvalue weighted by molar-refractivity contribution is 6.04. The summed E-state index contributed by atoms with van der Waals surface area (Å²) in [7, 11) is 1.58. The number of amides is 1. The van der Waals surface area contributed by atoms with E-state index >= 15 is 0 Å². The molecular weight excluding hydrogens is 366 g/mol. The van der Waals surface area contributed by atoms with Gasteiger partial charge in [-0.05, 0) is 24.8 Å². The SMILES string of the molecule is CON1C=CC=C(C(=O)Nc2cc(-c3ccccc3)nc3c(C4CC4)cnn23)C1. The highest BCUT2D eigenvalue weighted by Gasteiger charge is 2.28. The largest absolute Gasteiger partial charge is 0.307 e. The number of hydroxylamine groups is 2. The van der Waals surface area contributed by atoms with E-state index in [9.17, 15) is 4.79 Å². The number of rotatable bonds is 5. The monoisotopic (exact) mass is 387 g/mol. The molecule has 2 aromatic heterocycles. The lowest BCUT2D eigenvalue weighted by Crippen LogP contribution is -2.28. The number of aromatic nitrogens is 3. The van der Waals surface area contributed by atoms with E-state index in [0.29, 0.717) is 23.9 Å². The van der Waals surface area contributed by atoms with E-state index in [4.69, 9.17) is 9.82 Å². The Kier molecular flexibility index (Phi) is 4.37. The molecule has 1 amide bonds. The van der Waals surface area contributed by atoms with E-state index in [1.807, 2.05) is 42.6 Å². The van der Waals surface area contributed by atoms with Crippen molar-refractivity contribution in [3.63, 3.8) is 0 Å². The first-order valence-electron chi connectivity index (χ1n) is 9.66. The van der Waals surface area contributed by atoms with Gasteiger partial charge in [0.05, 0.1) is 25.5 Å². The summed E-state index contributed by atoms with van der Waals surface area (Å²) in [6, 6.07) is 11.8. The zero-order valence-corrected chi connectivity index (χ0v) is 16.1. The Morgan fingerprint density at radius 2 is 2.07 bits per heavy atom. The first kappa shape index (κ1) is 17.6. The molecule has 5 rings (SSSR count). The van der Waals surface area contributed by atoms with Crippen LogP contribution in [-0.2, 0) is 9.63 Å². The molecule has 7 heteroatoms. The number of allylic oxidation sites excluding steroid dienone is 2. The lowest BCUT2D eigenvalue weighted by molar-refractivity contribution is -0.116. The average Bonchev–Trinajstić information content (AvgIpc) is 3.53. The lowest BCUT2D eigenvalue weighted by Gasteiger charge is -2.21. The fourth-order valence-electron chi connectivity index (χ4n) is 3.51. The predicted octanol–water partition coefficient (Wildman–Crippen LogP) is 3.53. The zero-order chi connectivity index (χ0) is 19.8. The molecule has 146 valence electrons. The molecule has 1 saturated carbocycles. The van der Waals surface area contributed by atoms with Crippen molar-refractivity contribution in [3.05, 3.63) is 72.1 Å². The molecule has 0 saturated heterocycles. The van der Waals surface area contributed by atoms with Crippen molar-refractivity contribution in [3.8, 4) is 11.3 Å². The average molecular weight is 387 g/mol. The second-order valence-corrected chi connectivity index (χ2v) is 7.25. The molecule has 1 aliphatic heterocycles. The maximum Gasteiger partial charge on any atom is 0.254 e. The smallest absolute Gasteiger partial charge is 0.254 e. The molecule has 0 bridgehead atoms. The molecule has 29 heavy (non-hydrogen) atoms. The summed E-state index contributed by atoms with van der Waals surface area (Å²) in [5, 5.41) is 9.14. The standard InChI is InChI=1S/C22H21N5O2/c1-29-26-11-5-8-17(14-26)22(28)25-20-12-19(16-6-3-2-4-7-16)24-21-18(15-9-10-15)13-23-27(20)21/h2-8,11-13,15H,9-10,14H2,1H3,(H,25,28). The van der Waals surface area contributed by atoms with Crippen LogP contribution in [0.4, 0.5) is 5.82 Å². The Bertz CT molecular complexity index is 1130. The van der Waals surface area contributed by atoms with Crippen LogP contribution in [0.15, 0.2) is 66.5 Å². The van der Waals surface area contributed by atoms with Crippen molar-refractivity contribution in [2.75, 3.05) is 19.0 Å². The number of carbonyl (C=O) groups excluding carboxylic acids is 1. The third-order valence-electron chi connectivity index (χ3n) is 5.23. The van der Waals surface area contributed by atoms with Gasteiger partial charge in [-0.15, -0.1) is 0 Å². The number of anilines is 1. The molecule has 1 aliphatic carbocycles. The van der Waals surface area contributed by atoms with E-state index in [1.165, 1.54) is 0 Å². The van der Waals surface area contributed by atoms with Crippen LogP contribution in [-0.4, -0.2) is 39.2 Å². The topological polar surface area (TPSA) is 71.8 Å². The maximum absolute atomic E-state index is 12.9. The van der Waals surface area contributed by atoms with E-state index in [1.54, 1.807) is 35.0 Å². The van der Waals surface area contributed by atoms with Crippen molar-refractivity contribution in [1.82, 2.24) is 19.7 Å². The fraction of sp³-hybridized carbons (Fsp3) is 0.227. The first-order chi connectivity index (χ1) is 14.2. The maximum atomic E-state index is 12.9. The Morgan fingerprint density at radius 3 is 2.83 bits per heavy atom. The normalized spacial score (nSPS) is 16.2. The molecule has 3 aromatic rings. The molecule has 7 nitrogen and oxygen atoms in total. The summed E-state index contributed by atoms with van der Waals surface area (Å²) >= 11 is 0. The minimum Gasteiger partial charge on any atom is -0.307 e. The number of nitrogens with one attached hydrogen (secondary N) is 1. The van der Waals surface area contributed by atoms with Crippen LogP contribution in [0.2, 0.25) is 0 Å². The predicted molar refractivity (Wildman–Crippen MR) is 110 cm³/mol. The molecule has 0 radical (unpaired) electrons. The van der Waals surface area contributed by atoms with Crippen LogP contribution in [0.5, 0.6) is 0 Å². The first-order valence-corrected chi connectivity index (χ1v) is 9.66. The van der Waals surface area contributed by atoms with Gasteiger partial charge in [0.25, 0.3) is 5.91 Å². The fourth-order valence-corrected chi connectivity index (χ4v) is 3.51. The van der Waals surface area contributed by atoms with Crippen LogP contribution in [0.25, 0.3) is 16.9 Å². The molecule has 1 N–H and O–H groups in total. The molecule has 2 aliphatic rings. The van der Waals surface area contributed by atoms with E-state index in [0.717, 1.165) is 35.3 Å². The van der Waals surface area contributed by atoms with Gasteiger partial charge in [0, 0.05) is 29.0 Å². The molecular formula is C22H21N5O2. The van der Waals surface area contributed by atoms with Gasteiger partial charge in [-0.2, -0.15) is 9.61 Å². The Balaban J connectivity index is 1.55. The molecule has 0 spiro atoms. The summed E-state index contributed by atoms with van der Waals surface area (Å²) in [4.78, 5) is 23.0. The minimum absolute atomic E-state index is 0.189. The van der Waals surface area contributed by atoms with Gasteiger partial charge in [-0.1, -0.05) is 36.4 Å². The van der Waals surface area contributed by atoms with Gasteiger partial charge in [0.15, 0.2) is 5.65 Å². The molecule has 1 fully saturated rings. The summed E-state index contributed by atoms with van der Waals surface area (Å²) < 4.78 is 1.73. The van der Waals surface area contributed by atoms with E-state index in [-0.39, 0.29) is 5.91 Å². The quantitative estimate of drug-likeness (QED) is 0.725. The minimum atomic E-state index is -0.189. The highest BCUT2D eigenvalue weighted by atomic mass is 16.7. The second-order valence-electron chi connectivity index (χ2n) is 7.25. The van der Waals surface area contributed by atoms with E-state index in [2.05, 4.69) is 10.4 Å². The number of hydrogen-bond donors (Lipinski definition) is 1. The van der Waals surface area contributed by atoms with Crippen molar-refractivity contribution in [2.45, 2.75) is 18.8 Å². The number of nitrogens with zero attached hydrogens (tertiary/aromatic N) is 4. The molecule has 0 atom stereocenters. The van der Waals surface area contributed by atoms with Crippen molar-refractivity contribution < 1.29 is 9.63 Å². The lowest BCUT2D eigenvalue weighted by atomic mass is 10.1. The summed E-state index contributed by atoms with van der Waals surface area (Å²) in [6.07, 6.45) is 9.56. The molecule has 3 heterocycles. The van der Waals surface area contributed by atoms with Crippen molar-refractivity contribution >= 4 is 17.4 Å². The van der Waals surface area contributed by atoms with E-state index < -0.39 is 0 Å². The number of benzene rings is 1. The van der Waals surface area contributed by atoms with Crippen LogP contribution in [0, 0.1) is 0 Å². The summed E-state index contributed by atoms with van der Waals surface area (Å²) in [5.41, 5.74) is 4.37. The Labute approximate surface area is 168 Å². The third-order valence-corrected chi connectivity index (χ3v) is 5.23. The second kappa shape index (κ2) is 7.18. The summed E-state index contributed by atoms with van der Waals surface area (Å²) in [5.74, 6) is 0.924. The molecule has 1 aromatic carbocycles. The Morgan fingerprint density at radius 1 is 1.24 bits per heavy atom. The Hall–Kier alpha value is -3.45. The van der Waals surface area contributed by atoms with Crippen LogP contribution in [0.1, 0.15) is 24.3 Å². The van der Waals surface area contributed by atoms with Gasteiger partial charge in [0.1, 0.15) is 5.82 Å². The van der Waals surface area contributed by atoms with Crippen LogP contribution in [0.3, 0.4) is 0 Å². The van der Waals surface area contributed by atoms with Gasteiger partial charge in [0.2, 0.25) is 0 Å². The third kappa shape index (κ3) is 3.40.